The van der Waals surface area contributed by atoms with Gasteiger partial charge in [0.05, 0.1) is 21.8 Å². The molecule has 3 rings (SSSR count). The summed E-state index contributed by atoms with van der Waals surface area (Å²) in [4.78, 5) is 30.4. The van der Waals surface area contributed by atoms with E-state index in [9.17, 15) is 18.0 Å². The molecule has 3 aromatic rings. The van der Waals surface area contributed by atoms with Crippen LogP contribution in [0.1, 0.15) is 41.0 Å². The fraction of sp³-hybridized carbons (Fsp3) is 0.227. The van der Waals surface area contributed by atoms with Gasteiger partial charge in [-0.05, 0) is 48.7 Å². The number of thiazole rings is 1. The van der Waals surface area contributed by atoms with Gasteiger partial charge in [0, 0.05) is 12.3 Å². The maximum atomic E-state index is 12.4. The zero-order valence-electron chi connectivity index (χ0n) is 17.9. The molecule has 0 fully saturated rings. The molecular weight excluding hydrogens is 450 g/mol. The predicted molar refractivity (Wildman–Crippen MR) is 122 cm³/mol. The van der Waals surface area contributed by atoms with Crippen LogP contribution in [0.2, 0.25) is 0 Å². The summed E-state index contributed by atoms with van der Waals surface area (Å²) in [5.41, 5.74) is 2.82. The highest BCUT2D eigenvalue weighted by Crippen LogP contribution is 2.29. The molecule has 0 saturated heterocycles. The Morgan fingerprint density at radius 1 is 1.16 bits per heavy atom. The summed E-state index contributed by atoms with van der Waals surface area (Å²) in [5, 5.41) is 7.35. The zero-order chi connectivity index (χ0) is 23.5. The lowest BCUT2D eigenvalue weighted by molar-refractivity contribution is -0.115. The Balaban J connectivity index is 1.74. The van der Waals surface area contributed by atoms with E-state index in [4.69, 9.17) is 9.88 Å². The molecule has 0 saturated carbocycles. The van der Waals surface area contributed by atoms with E-state index < -0.39 is 16.0 Å². The molecule has 2 aromatic carbocycles. The van der Waals surface area contributed by atoms with Crippen LogP contribution in [0.5, 0.6) is 0 Å². The number of hydrogen-bond donors (Lipinski definition) is 1. The molecular formula is C22H23N3O5S2. The molecule has 0 aliphatic heterocycles. The Morgan fingerprint density at radius 2 is 1.84 bits per heavy atom. The third-order valence-electron chi connectivity index (χ3n) is 4.73. The molecule has 0 spiro atoms. The number of amides is 1. The van der Waals surface area contributed by atoms with Crippen molar-refractivity contribution in [3.63, 3.8) is 0 Å². The SMILES string of the molecule is CCc1ccc(N(C(C)=O)c2nc(COC(=O)c3ccc(C)c(S(N)(=O)=O)c3)cs2)cc1. The van der Waals surface area contributed by atoms with Gasteiger partial charge in [-0.1, -0.05) is 25.1 Å². The summed E-state index contributed by atoms with van der Waals surface area (Å²) < 4.78 is 28.6. The second kappa shape index (κ2) is 9.60. The summed E-state index contributed by atoms with van der Waals surface area (Å²) >= 11 is 1.25. The molecule has 10 heteroatoms. The second-order valence-electron chi connectivity index (χ2n) is 7.10. The number of benzene rings is 2. The summed E-state index contributed by atoms with van der Waals surface area (Å²) in [7, 11) is -3.96. The smallest absolute Gasteiger partial charge is 0.338 e. The number of hydrogen-bond acceptors (Lipinski definition) is 7. The highest BCUT2D eigenvalue weighted by Gasteiger charge is 2.19. The van der Waals surface area contributed by atoms with Crippen LogP contribution in [0.3, 0.4) is 0 Å². The monoisotopic (exact) mass is 473 g/mol. The van der Waals surface area contributed by atoms with Gasteiger partial charge in [0.25, 0.3) is 0 Å². The topological polar surface area (TPSA) is 120 Å². The van der Waals surface area contributed by atoms with E-state index in [0.29, 0.717) is 22.1 Å². The summed E-state index contributed by atoms with van der Waals surface area (Å²) in [6.45, 7) is 4.96. The summed E-state index contributed by atoms with van der Waals surface area (Å²) in [5.74, 6) is -0.898. The number of aryl methyl sites for hydroxylation is 2. The van der Waals surface area contributed by atoms with Gasteiger partial charge in [-0.15, -0.1) is 11.3 Å². The Hall–Kier alpha value is -3.08. The lowest BCUT2D eigenvalue weighted by Gasteiger charge is -2.18. The average molecular weight is 474 g/mol. The van der Waals surface area contributed by atoms with Crippen LogP contribution >= 0.6 is 11.3 Å². The lowest BCUT2D eigenvalue weighted by atomic mass is 10.1. The minimum atomic E-state index is -3.96. The van der Waals surface area contributed by atoms with Crippen molar-refractivity contribution in [2.75, 3.05) is 4.90 Å². The van der Waals surface area contributed by atoms with Gasteiger partial charge in [0.15, 0.2) is 5.13 Å². The Morgan fingerprint density at radius 3 is 2.44 bits per heavy atom. The molecule has 0 unspecified atom stereocenters. The molecule has 0 bridgehead atoms. The number of ether oxygens (including phenoxy) is 1. The van der Waals surface area contributed by atoms with E-state index in [1.807, 2.05) is 24.3 Å². The maximum absolute atomic E-state index is 12.4. The quantitative estimate of drug-likeness (QED) is 0.523. The van der Waals surface area contributed by atoms with Crippen molar-refractivity contribution in [3.8, 4) is 0 Å². The number of esters is 1. The molecule has 1 aromatic heterocycles. The third kappa shape index (κ3) is 5.39. The predicted octanol–water partition coefficient (Wildman–Crippen LogP) is 3.70. The first-order chi connectivity index (χ1) is 15.1. The molecule has 32 heavy (non-hydrogen) atoms. The van der Waals surface area contributed by atoms with Crippen molar-refractivity contribution < 1.29 is 22.7 Å². The highest BCUT2D eigenvalue weighted by atomic mass is 32.2. The van der Waals surface area contributed by atoms with E-state index in [1.54, 1.807) is 12.3 Å². The minimum absolute atomic E-state index is 0.0662. The number of nitrogens with zero attached hydrogens (tertiary/aromatic N) is 2. The van der Waals surface area contributed by atoms with E-state index in [0.717, 1.165) is 12.0 Å². The van der Waals surface area contributed by atoms with Gasteiger partial charge < -0.3 is 4.74 Å². The van der Waals surface area contributed by atoms with Gasteiger partial charge in [0.2, 0.25) is 15.9 Å². The van der Waals surface area contributed by atoms with Crippen LogP contribution in [-0.2, 0) is 32.6 Å². The van der Waals surface area contributed by atoms with Crippen LogP contribution in [0.4, 0.5) is 10.8 Å². The standard InChI is InChI=1S/C22H23N3O5S2/c1-4-16-6-9-19(10-7-16)25(15(3)26)22-24-18(13-31-22)12-30-21(27)17-8-5-14(2)20(11-17)32(23,28)29/h5-11,13H,4,12H2,1-3H3,(H2,23,28,29). The van der Waals surface area contributed by atoms with E-state index in [1.165, 1.54) is 41.4 Å². The number of primary sulfonamides is 1. The first-order valence-electron chi connectivity index (χ1n) is 9.74. The molecule has 1 heterocycles. The first-order valence-corrected chi connectivity index (χ1v) is 12.2. The molecule has 0 aliphatic carbocycles. The molecule has 0 radical (unpaired) electrons. The first kappa shape index (κ1) is 23.6. The number of aromatic nitrogens is 1. The van der Waals surface area contributed by atoms with Crippen molar-refractivity contribution >= 4 is 44.1 Å². The second-order valence-corrected chi connectivity index (χ2v) is 9.46. The number of carbonyl (C=O) groups excluding carboxylic acids is 2. The number of nitrogens with two attached hydrogens (primary N) is 1. The number of anilines is 2. The van der Waals surface area contributed by atoms with Gasteiger partial charge in [-0.2, -0.15) is 0 Å². The van der Waals surface area contributed by atoms with Crippen molar-refractivity contribution in [3.05, 3.63) is 70.2 Å². The van der Waals surface area contributed by atoms with E-state index in [2.05, 4.69) is 11.9 Å². The third-order valence-corrected chi connectivity index (χ3v) is 6.66. The minimum Gasteiger partial charge on any atom is -0.456 e. The highest BCUT2D eigenvalue weighted by molar-refractivity contribution is 7.89. The molecule has 1 amide bonds. The Bertz CT molecular complexity index is 1250. The van der Waals surface area contributed by atoms with Crippen molar-refractivity contribution in [2.24, 2.45) is 5.14 Å². The lowest BCUT2D eigenvalue weighted by Crippen LogP contribution is -2.22. The summed E-state index contributed by atoms with van der Waals surface area (Å²) in [6.07, 6.45) is 0.896. The molecule has 2 N–H and O–H groups in total. The number of carbonyl (C=O) groups is 2. The van der Waals surface area contributed by atoms with Crippen LogP contribution in [0, 0.1) is 6.92 Å². The average Bonchev–Trinajstić information content (AvgIpc) is 3.20. The van der Waals surface area contributed by atoms with Crippen LogP contribution in [-0.4, -0.2) is 25.3 Å². The van der Waals surface area contributed by atoms with Gasteiger partial charge in [-0.3, -0.25) is 9.69 Å². The molecule has 8 nitrogen and oxygen atoms in total. The van der Waals surface area contributed by atoms with Crippen LogP contribution < -0.4 is 10.0 Å². The molecule has 168 valence electrons. The molecule has 0 aliphatic rings. The Labute approximate surface area is 190 Å². The fourth-order valence-electron chi connectivity index (χ4n) is 3.03. The van der Waals surface area contributed by atoms with Crippen molar-refractivity contribution in [1.82, 2.24) is 4.98 Å². The number of sulfonamides is 1. The fourth-order valence-corrected chi connectivity index (χ4v) is 4.71. The molecule has 0 atom stereocenters. The largest absolute Gasteiger partial charge is 0.456 e. The van der Waals surface area contributed by atoms with E-state index >= 15 is 0 Å². The van der Waals surface area contributed by atoms with E-state index in [-0.39, 0.29) is 23.0 Å². The normalized spacial score (nSPS) is 11.2. The van der Waals surface area contributed by atoms with Gasteiger partial charge in [0.1, 0.15) is 6.61 Å². The van der Waals surface area contributed by atoms with Crippen molar-refractivity contribution in [1.29, 1.82) is 0 Å². The van der Waals surface area contributed by atoms with Gasteiger partial charge >= 0.3 is 5.97 Å². The van der Waals surface area contributed by atoms with Gasteiger partial charge in [-0.25, -0.2) is 23.3 Å². The van der Waals surface area contributed by atoms with Crippen molar-refractivity contribution in [2.45, 2.75) is 38.7 Å². The number of rotatable bonds is 7. The zero-order valence-corrected chi connectivity index (χ0v) is 19.5. The van der Waals surface area contributed by atoms with Crippen LogP contribution in [0.25, 0.3) is 0 Å². The maximum Gasteiger partial charge on any atom is 0.338 e. The summed E-state index contributed by atoms with van der Waals surface area (Å²) in [6, 6.07) is 11.8. The Kier molecular flexibility index (Phi) is 7.07. The van der Waals surface area contributed by atoms with Crippen LogP contribution in [0.15, 0.2) is 52.7 Å².